The van der Waals surface area contributed by atoms with Crippen molar-refractivity contribution in [2.45, 2.75) is 50.8 Å². The van der Waals surface area contributed by atoms with E-state index in [1.807, 2.05) is 26.0 Å². The van der Waals surface area contributed by atoms with Gasteiger partial charge in [0.1, 0.15) is 0 Å². The van der Waals surface area contributed by atoms with Crippen LogP contribution in [0.15, 0.2) is 43.0 Å². The lowest BCUT2D eigenvalue weighted by atomic mass is 9.69. The lowest BCUT2D eigenvalue weighted by molar-refractivity contribution is 0.105. The molecule has 0 spiro atoms. The van der Waals surface area contributed by atoms with Crippen molar-refractivity contribution < 1.29 is 4.21 Å². The molecule has 4 nitrogen and oxygen atoms in total. The number of hydrogen-bond donors (Lipinski definition) is 1. The van der Waals surface area contributed by atoms with Gasteiger partial charge in [-0.05, 0) is 70.0 Å². The summed E-state index contributed by atoms with van der Waals surface area (Å²) in [5.74, 6) is 0.261. The summed E-state index contributed by atoms with van der Waals surface area (Å²) in [5, 5.41) is 15.7. The van der Waals surface area contributed by atoms with Crippen LogP contribution >= 0.6 is 0 Å². The van der Waals surface area contributed by atoms with E-state index >= 15 is 0 Å². The largest absolute Gasteiger partial charge is 0.299 e. The SMILES string of the molecule is C=CCCC(C#N)[C@@H](C1CCN(Cc2ccccc2)CC1)C(C)(C)S(N)=O. The number of rotatable bonds is 9. The molecular weight excluding hydrogens is 354 g/mol. The summed E-state index contributed by atoms with van der Waals surface area (Å²) in [4.78, 5) is 2.47. The molecule has 2 rings (SSSR count). The Bertz CT molecular complexity index is 660. The van der Waals surface area contributed by atoms with Gasteiger partial charge in [-0.2, -0.15) is 5.26 Å². The van der Waals surface area contributed by atoms with Crippen LogP contribution < -0.4 is 5.14 Å². The summed E-state index contributed by atoms with van der Waals surface area (Å²) in [7, 11) is -1.47. The summed E-state index contributed by atoms with van der Waals surface area (Å²) in [6.07, 6.45) is 5.45. The van der Waals surface area contributed by atoms with Crippen molar-refractivity contribution in [3.63, 3.8) is 0 Å². The fraction of sp³-hybridized carbons (Fsp3) is 0.591. The van der Waals surface area contributed by atoms with Gasteiger partial charge in [0.05, 0.1) is 27.7 Å². The zero-order chi connectivity index (χ0) is 19.9. The number of nitrogens with zero attached hydrogens (tertiary/aromatic N) is 2. The first-order valence-electron chi connectivity index (χ1n) is 9.83. The highest BCUT2D eigenvalue weighted by molar-refractivity contribution is 7.84. The van der Waals surface area contributed by atoms with Gasteiger partial charge >= 0.3 is 0 Å². The molecule has 148 valence electrons. The van der Waals surface area contributed by atoms with Crippen LogP contribution in [0, 0.1) is 29.1 Å². The Morgan fingerprint density at radius 3 is 2.52 bits per heavy atom. The third kappa shape index (κ3) is 5.75. The highest BCUT2D eigenvalue weighted by atomic mass is 32.2. The Balaban J connectivity index is 2.09. The molecule has 0 bridgehead atoms. The minimum absolute atomic E-state index is 0.0344. The molecule has 1 aliphatic rings. The molecule has 1 aliphatic heterocycles. The smallest absolute Gasteiger partial charge is 0.0949 e. The van der Waals surface area contributed by atoms with Crippen LogP contribution in [-0.2, 0) is 17.5 Å². The van der Waals surface area contributed by atoms with Gasteiger partial charge in [0.25, 0.3) is 0 Å². The maximum Gasteiger partial charge on any atom is 0.0949 e. The lowest BCUT2D eigenvalue weighted by Gasteiger charge is -2.44. The maximum absolute atomic E-state index is 12.3. The first-order valence-corrected chi connectivity index (χ1v) is 11.0. The molecule has 1 fully saturated rings. The van der Waals surface area contributed by atoms with E-state index in [9.17, 15) is 9.47 Å². The molecule has 2 N–H and O–H groups in total. The van der Waals surface area contributed by atoms with Crippen LogP contribution in [0.4, 0.5) is 0 Å². The van der Waals surface area contributed by atoms with Gasteiger partial charge in [-0.15, -0.1) is 6.58 Å². The van der Waals surface area contributed by atoms with E-state index in [-0.39, 0.29) is 11.8 Å². The van der Waals surface area contributed by atoms with E-state index in [0.717, 1.165) is 45.3 Å². The number of likely N-dealkylation sites (tertiary alicyclic amines) is 1. The summed E-state index contributed by atoms with van der Waals surface area (Å²) < 4.78 is 11.7. The second kappa shape index (κ2) is 10.2. The second-order valence-corrected chi connectivity index (χ2v) is 9.77. The number of nitrogens with two attached hydrogens (primary N) is 1. The molecule has 3 atom stereocenters. The molecule has 5 heteroatoms. The zero-order valence-electron chi connectivity index (χ0n) is 16.6. The standard InChI is InChI=1S/C22H33N3OS/c1-4-5-11-20(16-23)21(22(2,3)27(24)26)19-12-14-25(15-13-19)17-18-9-7-6-8-10-18/h4,6-10,19-21H,1,5,11-15,17,24H2,2-3H3/t20?,21-,27?/m1/s1. The van der Waals surface area contributed by atoms with Gasteiger partial charge in [0, 0.05) is 6.54 Å². The molecule has 1 heterocycles. The van der Waals surface area contributed by atoms with Crippen molar-refractivity contribution in [1.29, 1.82) is 5.26 Å². The fourth-order valence-corrected chi connectivity index (χ4v) is 5.07. The third-order valence-electron chi connectivity index (χ3n) is 5.99. The van der Waals surface area contributed by atoms with Gasteiger partial charge in [-0.3, -0.25) is 10.0 Å². The topological polar surface area (TPSA) is 70.1 Å². The number of piperidine rings is 1. The van der Waals surface area contributed by atoms with Crippen molar-refractivity contribution in [1.82, 2.24) is 4.90 Å². The van der Waals surface area contributed by atoms with E-state index < -0.39 is 15.7 Å². The Hall–Kier alpha value is -1.48. The minimum atomic E-state index is -1.47. The van der Waals surface area contributed by atoms with E-state index in [1.54, 1.807) is 0 Å². The van der Waals surface area contributed by atoms with Gasteiger partial charge in [0.2, 0.25) is 0 Å². The Labute approximate surface area is 167 Å². The van der Waals surface area contributed by atoms with Crippen LogP contribution in [0.3, 0.4) is 0 Å². The van der Waals surface area contributed by atoms with Crippen molar-refractivity contribution in [3.8, 4) is 6.07 Å². The third-order valence-corrected chi connectivity index (χ3v) is 7.30. The molecular formula is C22H33N3OS. The molecule has 1 saturated heterocycles. The Morgan fingerprint density at radius 2 is 2.00 bits per heavy atom. The number of allylic oxidation sites excluding steroid dienone is 1. The quantitative estimate of drug-likeness (QED) is 0.651. The average Bonchev–Trinajstić information content (AvgIpc) is 2.66. The van der Waals surface area contributed by atoms with Gasteiger partial charge < -0.3 is 0 Å². The fourth-order valence-electron chi connectivity index (χ4n) is 4.45. The van der Waals surface area contributed by atoms with Crippen molar-refractivity contribution >= 4 is 11.0 Å². The van der Waals surface area contributed by atoms with Crippen molar-refractivity contribution in [3.05, 3.63) is 48.6 Å². The van der Waals surface area contributed by atoms with Crippen LogP contribution in [0.2, 0.25) is 0 Å². The van der Waals surface area contributed by atoms with Crippen molar-refractivity contribution in [2.24, 2.45) is 22.9 Å². The maximum atomic E-state index is 12.3. The summed E-state index contributed by atoms with van der Waals surface area (Å²) in [6, 6.07) is 13.0. The van der Waals surface area contributed by atoms with Gasteiger partial charge in [0.15, 0.2) is 0 Å². The molecule has 1 aromatic carbocycles. The predicted octanol–water partition coefficient (Wildman–Crippen LogP) is 4.02. The molecule has 0 radical (unpaired) electrons. The number of hydrogen-bond acceptors (Lipinski definition) is 3. The van der Waals surface area contributed by atoms with E-state index in [2.05, 4.69) is 41.8 Å². The second-order valence-electron chi connectivity index (χ2n) is 8.13. The molecule has 1 aromatic rings. The molecule has 2 unspecified atom stereocenters. The predicted molar refractivity (Wildman–Crippen MR) is 113 cm³/mol. The number of nitriles is 1. The minimum Gasteiger partial charge on any atom is -0.299 e. The normalized spacial score (nSPS) is 19.8. The molecule has 0 aliphatic carbocycles. The van der Waals surface area contributed by atoms with Crippen molar-refractivity contribution in [2.75, 3.05) is 13.1 Å². The first-order chi connectivity index (χ1) is 12.9. The molecule has 27 heavy (non-hydrogen) atoms. The Morgan fingerprint density at radius 1 is 1.37 bits per heavy atom. The highest BCUT2D eigenvalue weighted by Crippen LogP contribution is 2.41. The van der Waals surface area contributed by atoms with Crippen LogP contribution in [0.1, 0.15) is 45.1 Å². The zero-order valence-corrected chi connectivity index (χ0v) is 17.5. The Kier molecular flexibility index (Phi) is 8.22. The molecule has 0 saturated carbocycles. The first kappa shape index (κ1) is 21.8. The average molecular weight is 388 g/mol. The van der Waals surface area contributed by atoms with Crippen LogP contribution in [-0.4, -0.2) is 26.9 Å². The summed E-state index contributed by atoms with van der Waals surface area (Å²) >= 11 is 0. The molecule has 0 aromatic heterocycles. The van der Waals surface area contributed by atoms with Crippen LogP contribution in [0.5, 0.6) is 0 Å². The number of benzene rings is 1. The summed E-state index contributed by atoms with van der Waals surface area (Å²) in [5.41, 5.74) is 1.33. The molecule has 0 amide bonds. The highest BCUT2D eigenvalue weighted by Gasteiger charge is 2.44. The van der Waals surface area contributed by atoms with Gasteiger partial charge in [-0.1, -0.05) is 36.4 Å². The van der Waals surface area contributed by atoms with E-state index in [0.29, 0.717) is 5.92 Å². The monoisotopic (exact) mass is 387 g/mol. The summed E-state index contributed by atoms with van der Waals surface area (Å²) in [6.45, 7) is 10.7. The van der Waals surface area contributed by atoms with Crippen LogP contribution in [0.25, 0.3) is 0 Å². The van der Waals surface area contributed by atoms with Gasteiger partial charge in [-0.25, -0.2) is 4.21 Å². The van der Waals surface area contributed by atoms with E-state index in [4.69, 9.17) is 5.14 Å². The van der Waals surface area contributed by atoms with E-state index in [1.165, 1.54) is 5.56 Å². The lowest BCUT2D eigenvalue weighted by Crippen LogP contribution is -2.49.